The van der Waals surface area contributed by atoms with Gasteiger partial charge in [-0.1, -0.05) is 7.43 Å². The summed E-state index contributed by atoms with van der Waals surface area (Å²) in [6, 6.07) is 0. The normalized spacial score (nSPS) is 3.00. The third-order valence-electron chi connectivity index (χ3n) is 0. The Morgan fingerprint density at radius 1 is 1.33 bits per heavy atom. The standard InChI is InChI=1S/C2H6O.CH4.2H2O/c1-2-3;;;/h3H,2H2,1H3;1H4;2*1H2. The fourth-order valence-corrected chi connectivity index (χ4v) is 0. The summed E-state index contributed by atoms with van der Waals surface area (Å²) in [5.41, 5.74) is 0. The quantitative estimate of drug-likeness (QED) is 0.413. The van der Waals surface area contributed by atoms with Crippen LogP contribution < -0.4 is 0 Å². The van der Waals surface area contributed by atoms with Crippen molar-refractivity contribution >= 4 is 0 Å². The molecule has 0 saturated heterocycles. The molecule has 0 rings (SSSR count). The van der Waals surface area contributed by atoms with E-state index in [4.69, 9.17) is 5.11 Å². The van der Waals surface area contributed by atoms with Crippen LogP contribution in [-0.2, 0) is 0 Å². The van der Waals surface area contributed by atoms with E-state index >= 15 is 0 Å². The first-order chi connectivity index (χ1) is 1.41. The minimum Gasteiger partial charge on any atom is -0.412 e. The smallest absolute Gasteiger partial charge is 0.0402 e. The third kappa shape index (κ3) is 2230. The van der Waals surface area contributed by atoms with Crippen molar-refractivity contribution in [3.8, 4) is 0 Å². The molecule has 0 aliphatic rings. The highest BCUT2D eigenvalue weighted by molar-refractivity contribution is 3.84. The van der Waals surface area contributed by atoms with Gasteiger partial charge in [0.05, 0.1) is 0 Å². The van der Waals surface area contributed by atoms with Gasteiger partial charge in [0.15, 0.2) is 0 Å². The van der Waals surface area contributed by atoms with Crippen molar-refractivity contribution in [2.75, 3.05) is 6.61 Å². The summed E-state index contributed by atoms with van der Waals surface area (Å²) < 4.78 is 0. The second-order valence-electron chi connectivity index (χ2n) is 0.316. The van der Waals surface area contributed by atoms with Crippen LogP contribution in [0.5, 0.6) is 0 Å². The zero-order valence-corrected chi connectivity index (χ0v) is 3.15. The second-order valence-corrected chi connectivity index (χ2v) is 0.316. The monoisotopic (exact) mass is 98.1 g/mol. The average Bonchev–Trinajstić information content (AvgIpc) is 0.918. The highest BCUT2D eigenvalue weighted by Crippen LogP contribution is 1.30. The number of aliphatic hydroxyl groups excluding tert-OH is 1. The highest BCUT2D eigenvalue weighted by Gasteiger charge is 1.34. The summed E-state index contributed by atoms with van der Waals surface area (Å²) in [5.74, 6) is 0. The first-order valence-electron chi connectivity index (χ1n) is 1.02. The minimum absolute atomic E-state index is 0. The predicted octanol–water partition coefficient (Wildman–Crippen LogP) is -1.01. The van der Waals surface area contributed by atoms with Crippen LogP contribution in [0.4, 0.5) is 0 Å². The molecule has 0 amide bonds. The van der Waals surface area contributed by atoms with E-state index in [-0.39, 0.29) is 25.0 Å². The van der Waals surface area contributed by atoms with Crippen molar-refractivity contribution in [3.05, 3.63) is 0 Å². The Morgan fingerprint density at radius 2 is 1.33 bits per heavy atom. The molecular weight excluding hydrogens is 84.0 g/mol. The van der Waals surface area contributed by atoms with Gasteiger partial charge in [0.25, 0.3) is 0 Å². The van der Waals surface area contributed by atoms with Gasteiger partial charge in [-0.15, -0.1) is 0 Å². The largest absolute Gasteiger partial charge is 0.412 e. The van der Waals surface area contributed by atoms with E-state index in [9.17, 15) is 0 Å². The molecule has 0 aromatic carbocycles. The number of hydrogen-bond donors (Lipinski definition) is 1. The Hall–Kier alpha value is -0.120. The molecule has 0 spiro atoms. The average molecular weight is 98.1 g/mol. The van der Waals surface area contributed by atoms with E-state index in [0.717, 1.165) is 0 Å². The van der Waals surface area contributed by atoms with Gasteiger partial charge in [-0.25, -0.2) is 0 Å². The summed E-state index contributed by atoms with van der Waals surface area (Å²) in [6.07, 6.45) is 0. The fourth-order valence-electron chi connectivity index (χ4n) is 0. The van der Waals surface area contributed by atoms with Gasteiger partial charge in [-0.3, -0.25) is 0 Å². The molecule has 0 aromatic rings. The van der Waals surface area contributed by atoms with Gasteiger partial charge in [0.2, 0.25) is 0 Å². The Labute approximate surface area is 38.2 Å². The third-order valence-corrected chi connectivity index (χ3v) is 0. The number of rotatable bonds is 0. The lowest BCUT2D eigenvalue weighted by atomic mass is 10.9. The molecule has 0 heterocycles. The Bertz CT molecular complexity index is 6.00. The fraction of sp³-hybridized carbons (Fsp3) is 1.00. The lowest BCUT2D eigenvalue weighted by Crippen LogP contribution is -1.57. The Morgan fingerprint density at radius 3 is 1.33 bits per heavy atom. The van der Waals surface area contributed by atoms with Crippen LogP contribution in [0.3, 0.4) is 0 Å². The molecule has 0 bridgehead atoms. The SMILES string of the molecule is C.CCO.O.O. The van der Waals surface area contributed by atoms with Crippen LogP contribution in [0, 0.1) is 0 Å². The molecule has 0 saturated carbocycles. The molecule has 0 aliphatic carbocycles. The summed E-state index contributed by atoms with van der Waals surface area (Å²) in [4.78, 5) is 0. The number of hydrogen-bond acceptors (Lipinski definition) is 1. The lowest BCUT2D eigenvalue weighted by molar-refractivity contribution is 0.318. The summed E-state index contributed by atoms with van der Waals surface area (Å²) in [6.45, 7) is 1.93. The van der Waals surface area contributed by atoms with E-state index in [1.807, 2.05) is 0 Å². The minimum atomic E-state index is 0. The molecule has 6 heavy (non-hydrogen) atoms. The van der Waals surface area contributed by atoms with Crippen molar-refractivity contribution in [1.29, 1.82) is 0 Å². The molecule has 44 valence electrons. The van der Waals surface area contributed by atoms with E-state index in [2.05, 4.69) is 0 Å². The van der Waals surface area contributed by atoms with Gasteiger partial charge in [0.1, 0.15) is 0 Å². The van der Waals surface area contributed by atoms with E-state index in [1.54, 1.807) is 6.92 Å². The first-order valence-corrected chi connectivity index (χ1v) is 1.02. The Kier molecular flexibility index (Phi) is 626. The van der Waals surface area contributed by atoms with Gasteiger partial charge >= 0.3 is 0 Å². The molecule has 0 fully saturated rings. The first kappa shape index (κ1) is 39.6. The van der Waals surface area contributed by atoms with Crippen molar-refractivity contribution < 1.29 is 16.1 Å². The van der Waals surface area contributed by atoms with E-state index in [1.165, 1.54) is 0 Å². The van der Waals surface area contributed by atoms with Crippen LogP contribution in [0.1, 0.15) is 14.4 Å². The van der Waals surface area contributed by atoms with Crippen LogP contribution in [0.15, 0.2) is 0 Å². The molecular formula is C3H14O3. The summed E-state index contributed by atoms with van der Waals surface area (Å²) >= 11 is 0. The van der Waals surface area contributed by atoms with Crippen LogP contribution in [-0.4, -0.2) is 22.7 Å². The molecule has 5 N–H and O–H groups in total. The molecule has 0 aromatic heterocycles. The molecule has 3 nitrogen and oxygen atoms in total. The number of aliphatic hydroxyl groups is 1. The van der Waals surface area contributed by atoms with Crippen LogP contribution >= 0.6 is 0 Å². The van der Waals surface area contributed by atoms with Crippen molar-refractivity contribution in [1.82, 2.24) is 0 Å². The van der Waals surface area contributed by atoms with Crippen LogP contribution in [0.2, 0.25) is 0 Å². The molecule has 0 unspecified atom stereocenters. The summed E-state index contributed by atoms with van der Waals surface area (Å²) in [7, 11) is 0. The van der Waals surface area contributed by atoms with E-state index in [0.29, 0.717) is 0 Å². The highest BCUT2D eigenvalue weighted by atomic mass is 16.2. The zero-order chi connectivity index (χ0) is 2.71. The molecule has 0 radical (unpaired) electrons. The Balaban J connectivity index is -0.00000000667. The molecule has 0 atom stereocenters. The molecule has 0 aliphatic heterocycles. The maximum Gasteiger partial charge on any atom is 0.0402 e. The van der Waals surface area contributed by atoms with Gasteiger partial charge < -0.3 is 16.1 Å². The van der Waals surface area contributed by atoms with Crippen molar-refractivity contribution in [3.63, 3.8) is 0 Å². The van der Waals surface area contributed by atoms with Gasteiger partial charge in [0, 0.05) is 6.61 Å². The zero-order valence-electron chi connectivity index (χ0n) is 3.15. The van der Waals surface area contributed by atoms with Crippen molar-refractivity contribution in [2.24, 2.45) is 0 Å². The van der Waals surface area contributed by atoms with Gasteiger partial charge in [-0.05, 0) is 6.92 Å². The van der Waals surface area contributed by atoms with Crippen LogP contribution in [0.25, 0.3) is 0 Å². The predicted molar refractivity (Wildman–Crippen MR) is 26.7 cm³/mol. The van der Waals surface area contributed by atoms with Gasteiger partial charge in [-0.2, -0.15) is 0 Å². The van der Waals surface area contributed by atoms with Crippen molar-refractivity contribution in [2.45, 2.75) is 14.4 Å². The topological polar surface area (TPSA) is 83.2 Å². The second kappa shape index (κ2) is 94.9. The maximum absolute atomic E-state index is 7.57. The maximum atomic E-state index is 7.57. The molecule has 3 heteroatoms. The summed E-state index contributed by atoms with van der Waals surface area (Å²) in [5, 5.41) is 7.57. The lowest BCUT2D eigenvalue weighted by Gasteiger charge is -1.52. The van der Waals surface area contributed by atoms with E-state index < -0.39 is 0 Å².